The Morgan fingerprint density at radius 3 is 2.50 bits per heavy atom. The number of thioether (sulfide) groups is 1. The van der Waals surface area contributed by atoms with Crippen molar-refractivity contribution >= 4 is 11.8 Å². The van der Waals surface area contributed by atoms with Crippen molar-refractivity contribution in [3.05, 3.63) is 48.3 Å². The Bertz CT molecular complexity index is 511. The van der Waals surface area contributed by atoms with E-state index in [-0.39, 0.29) is 5.75 Å². The molecule has 3 heteroatoms. The van der Waals surface area contributed by atoms with E-state index in [0.717, 1.165) is 16.5 Å². The third kappa shape index (κ3) is 2.04. The monoisotopic (exact) mass is 234 g/mol. The molecule has 0 aliphatic heterocycles. The molecule has 0 radical (unpaired) electrons. The molecule has 2 aromatic rings. The molecule has 0 amide bonds. The number of benzene rings is 2. The molecule has 16 heavy (non-hydrogen) atoms. The maximum atomic E-state index is 13.7. The number of hydrogen-bond acceptors (Lipinski definition) is 2. The predicted octanol–water partition coefficient (Wildman–Crippen LogP) is 3.92. The molecule has 0 bridgehead atoms. The van der Waals surface area contributed by atoms with Gasteiger partial charge in [0.25, 0.3) is 0 Å². The molecule has 0 spiro atoms. The molecule has 0 fully saturated rings. The van der Waals surface area contributed by atoms with Crippen molar-refractivity contribution in [1.29, 1.82) is 0 Å². The van der Waals surface area contributed by atoms with E-state index in [1.807, 2.05) is 30.5 Å². The maximum Gasteiger partial charge on any atom is 0.134 e. The highest BCUT2D eigenvalue weighted by atomic mass is 32.2. The lowest BCUT2D eigenvalue weighted by Crippen LogP contribution is -1.86. The minimum Gasteiger partial charge on any atom is -0.508 e. The van der Waals surface area contributed by atoms with E-state index in [9.17, 15) is 4.39 Å². The van der Waals surface area contributed by atoms with Gasteiger partial charge in [0.15, 0.2) is 0 Å². The van der Waals surface area contributed by atoms with Crippen molar-refractivity contribution in [2.45, 2.75) is 4.90 Å². The molecule has 0 heterocycles. The Labute approximate surface area is 97.9 Å². The molecule has 0 aromatic heterocycles. The molecular weight excluding hydrogens is 223 g/mol. The van der Waals surface area contributed by atoms with E-state index in [1.54, 1.807) is 17.8 Å². The second-order valence-electron chi connectivity index (χ2n) is 3.36. The average Bonchev–Trinajstić information content (AvgIpc) is 2.29. The van der Waals surface area contributed by atoms with Crippen LogP contribution < -0.4 is 0 Å². The van der Waals surface area contributed by atoms with Gasteiger partial charge in [0, 0.05) is 16.5 Å². The van der Waals surface area contributed by atoms with Crippen molar-refractivity contribution in [3.8, 4) is 16.9 Å². The number of phenolic OH excluding ortho intramolecular Hbond substituents is 1. The number of hydrogen-bond donors (Lipinski definition) is 1. The quantitative estimate of drug-likeness (QED) is 0.795. The zero-order valence-electron chi connectivity index (χ0n) is 8.77. The van der Waals surface area contributed by atoms with E-state index in [4.69, 9.17) is 5.11 Å². The normalized spacial score (nSPS) is 10.4. The maximum absolute atomic E-state index is 13.7. The molecule has 2 rings (SSSR count). The van der Waals surface area contributed by atoms with Crippen molar-refractivity contribution in [3.63, 3.8) is 0 Å². The average molecular weight is 234 g/mol. The number of halogens is 1. The van der Waals surface area contributed by atoms with Gasteiger partial charge in [-0.1, -0.05) is 18.2 Å². The summed E-state index contributed by atoms with van der Waals surface area (Å²) in [6.45, 7) is 0. The van der Waals surface area contributed by atoms with E-state index in [2.05, 4.69) is 0 Å². The predicted molar refractivity (Wildman–Crippen MR) is 65.3 cm³/mol. The van der Waals surface area contributed by atoms with Crippen LogP contribution in [0.3, 0.4) is 0 Å². The second-order valence-corrected chi connectivity index (χ2v) is 4.21. The van der Waals surface area contributed by atoms with Crippen LogP contribution in [0.15, 0.2) is 47.4 Å². The Hall–Kier alpha value is -1.48. The van der Waals surface area contributed by atoms with Crippen LogP contribution in [-0.4, -0.2) is 11.4 Å². The Kier molecular flexibility index (Phi) is 3.15. The molecule has 0 unspecified atom stereocenters. The summed E-state index contributed by atoms with van der Waals surface area (Å²) < 4.78 is 13.7. The minimum absolute atomic E-state index is 0.0529. The van der Waals surface area contributed by atoms with Crippen LogP contribution in [0, 0.1) is 5.82 Å². The summed E-state index contributed by atoms with van der Waals surface area (Å²) in [7, 11) is 0. The third-order valence-corrected chi connectivity index (χ3v) is 3.15. The van der Waals surface area contributed by atoms with Crippen LogP contribution in [0.4, 0.5) is 4.39 Å². The zero-order chi connectivity index (χ0) is 11.5. The Morgan fingerprint density at radius 2 is 1.81 bits per heavy atom. The molecule has 1 nitrogen and oxygen atoms in total. The second kappa shape index (κ2) is 4.58. The topological polar surface area (TPSA) is 20.2 Å². The van der Waals surface area contributed by atoms with Gasteiger partial charge >= 0.3 is 0 Å². The Morgan fingerprint density at radius 1 is 1.06 bits per heavy atom. The third-order valence-electron chi connectivity index (χ3n) is 2.35. The summed E-state index contributed by atoms with van der Waals surface area (Å²) in [5, 5.41) is 9.17. The summed E-state index contributed by atoms with van der Waals surface area (Å²) in [4.78, 5) is 1.02. The highest BCUT2D eigenvalue weighted by molar-refractivity contribution is 7.98. The smallest absolute Gasteiger partial charge is 0.134 e. The fourth-order valence-electron chi connectivity index (χ4n) is 1.59. The van der Waals surface area contributed by atoms with E-state index in [1.165, 1.54) is 6.07 Å². The molecule has 0 atom stereocenters. The fraction of sp³-hybridized carbons (Fsp3) is 0.0769. The van der Waals surface area contributed by atoms with E-state index >= 15 is 0 Å². The molecule has 0 saturated carbocycles. The molecule has 0 saturated heterocycles. The van der Waals surface area contributed by atoms with E-state index < -0.39 is 5.82 Å². The van der Waals surface area contributed by atoms with Crippen molar-refractivity contribution in [1.82, 2.24) is 0 Å². The SMILES string of the molecule is CSc1ccccc1-c1ccc(O)cc1F. The molecular formula is C13H11FOS. The Balaban J connectivity index is 2.58. The van der Waals surface area contributed by atoms with Crippen molar-refractivity contribution < 1.29 is 9.50 Å². The first kappa shape index (κ1) is 11.0. The van der Waals surface area contributed by atoms with Gasteiger partial charge in [0.2, 0.25) is 0 Å². The minimum atomic E-state index is -0.401. The summed E-state index contributed by atoms with van der Waals surface area (Å²) in [6, 6.07) is 11.9. The highest BCUT2D eigenvalue weighted by Crippen LogP contribution is 2.32. The standard InChI is InChI=1S/C13H11FOS/c1-16-13-5-3-2-4-11(13)10-7-6-9(15)8-12(10)14/h2-8,15H,1H3. The first-order chi connectivity index (χ1) is 7.72. The van der Waals surface area contributed by atoms with E-state index in [0.29, 0.717) is 5.56 Å². The summed E-state index contributed by atoms with van der Waals surface area (Å²) in [5.41, 5.74) is 1.37. The van der Waals surface area contributed by atoms with Gasteiger partial charge in [-0.2, -0.15) is 0 Å². The lowest BCUT2D eigenvalue weighted by atomic mass is 10.1. The van der Waals surface area contributed by atoms with Crippen LogP contribution in [0.25, 0.3) is 11.1 Å². The summed E-state index contributed by atoms with van der Waals surface area (Å²) >= 11 is 1.57. The highest BCUT2D eigenvalue weighted by Gasteiger charge is 2.09. The van der Waals surface area contributed by atoms with Crippen molar-refractivity contribution in [2.75, 3.05) is 6.26 Å². The van der Waals surface area contributed by atoms with Gasteiger partial charge in [0.05, 0.1) is 0 Å². The molecule has 1 N–H and O–H groups in total. The molecule has 82 valence electrons. The van der Waals surface area contributed by atoms with Crippen LogP contribution in [-0.2, 0) is 0 Å². The first-order valence-corrected chi connectivity index (χ1v) is 6.07. The zero-order valence-corrected chi connectivity index (χ0v) is 9.59. The van der Waals surface area contributed by atoms with Gasteiger partial charge in [-0.25, -0.2) is 4.39 Å². The van der Waals surface area contributed by atoms with Gasteiger partial charge in [0.1, 0.15) is 11.6 Å². The first-order valence-electron chi connectivity index (χ1n) is 4.84. The van der Waals surface area contributed by atoms with Crippen LogP contribution in [0.2, 0.25) is 0 Å². The van der Waals surface area contributed by atoms with Gasteiger partial charge < -0.3 is 5.11 Å². The van der Waals surface area contributed by atoms with Crippen LogP contribution in [0.1, 0.15) is 0 Å². The number of aromatic hydroxyl groups is 1. The fourth-order valence-corrected chi connectivity index (χ4v) is 2.20. The number of rotatable bonds is 2. The lowest BCUT2D eigenvalue weighted by Gasteiger charge is -2.08. The van der Waals surface area contributed by atoms with Gasteiger partial charge in [-0.05, 0) is 30.0 Å². The summed E-state index contributed by atoms with van der Waals surface area (Å²) in [6.07, 6.45) is 1.96. The molecule has 2 aromatic carbocycles. The summed E-state index contributed by atoms with van der Waals surface area (Å²) in [5.74, 6) is -0.454. The molecule has 0 aliphatic carbocycles. The van der Waals surface area contributed by atoms with Gasteiger partial charge in [-0.3, -0.25) is 0 Å². The van der Waals surface area contributed by atoms with Crippen LogP contribution in [0.5, 0.6) is 5.75 Å². The molecule has 0 aliphatic rings. The number of phenols is 1. The van der Waals surface area contributed by atoms with Crippen LogP contribution >= 0.6 is 11.8 Å². The largest absolute Gasteiger partial charge is 0.508 e. The van der Waals surface area contributed by atoms with Gasteiger partial charge in [-0.15, -0.1) is 11.8 Å². The lowest BCUT2D eigenvalue weighted by molar-refractivity contribution is 0.469. The van der Waals surface area contributed by atoms with Crippen molar-refractivity contribution in [2.24, 2.45) is 0 Å².